The number of piperidine rings is 5. The molecule has 5 saturated carbocycles. The molecule has 0 radical (unpaired) electrons. The van der Waals surface area contributed by atoms with Gasteiger partial charge in [-0.05, 0) is 168 Å². The Morgan fingerprint density at radius 2 is 0.780 bits per heavy atom. The molecule has 14 heterocycles. The van der Waals surface area contributed by atoms with E-state index < -0.39 is 46.6 Å². The molecule has 772 valence electrons. The lowest BCUT2D eigenvalue weighted by Crippen LogP contribution is -2.50. The lowest BCUT2D eigenvalue weighted by atomic mass is 9.82. The molecule has 16 fully saturated rings. The molecule has 10 atom stereocenters. The van der Waals surface area contributed by atoms with Gasteiger partial charge >= 0.3 is 52.5 Å². The Morgan fingerprint density at radius 1 is 0.440 bits per heavy atom. The van der Waals surface area contributed by atoms with Gasteiger partial charge in [-0.15, -0.1) is 34.9 Å². The second-order valence-corrected chi connectivity index (χ2v) is 39.6. The number of carbonyl (C=O) groups is 10. The number of fused-ring (bicyclic) bond motifs is 10. The molecule has 45 nitrogen and oxygen atoms in total. The van der Waals surface area contributed by atoms with Crippen molar-refractivity contribution in [3.05, 3.63) is 143 Å². The molecular formula is C95H137N21O24S. The summed E-state index contributed by atoms with van der Waals surface area (Å²) in [6, 6.07) is 25.0. The van der Waals surface area contributed by atoms with E-state index in [0.717, 1.165) is 92.6 Å². The Labute approximate surface area is 819 Å². The van der Waals surface area contributed by atoms with Crippen molar-refractivity contribution >= 4 is 70.0 Å². The third-order valence-corrected chi connectivity index (χ3v) is 29.5. The summed E-state index contributed by atoms with van der Waals surface area (Å²) < 4.78 is 56.8. The number of amides is 11. The first kappa shape index (κ1) is 107. The van der Waals surface area contributed by atoms with E-state index in [-0.39, 0.29) is 116 Å². The summed E-state index contributed by atoms with van der Waals surface area (Å²) in [6.45, 7) is 5.58. The molecule has 6 aromatic rings. The molecular weight excluding hydrogens is 1850 g/mol. The zero-order valence-corrected chi connectivity index (χ0v) is 79.9. The number of hydrogen-bond donors (Lipinski definition) is 8. The van der Waals surface area contributed by atoms with E-state index in [1.54, 1.807) is 14.9 Å². The number of carboxylic acid groups (broad SMARTS) is 1. The van der Waals surface area contributed by atoms with Crippen LogP contribution >= 0.6 is 0 Å². The number of benzene rings is 3. The number of carboxylic acids is 1. The van der Waals surface area contributed by atoms with Gasteiger partial charge in [0.05, 0.1) is 50.4 Å². The molecule has 0 spiro atoms. The van der Waals surface area contributed by atoms with E-state index in [1.807, 2.05) is 95.9 Å². The number of ether oxygens (including phenoxy) is 1. The number of hydrogen-bond acceptors (Lipinski definition) is 31. The zero-order valence-electron chi connectivity index (χ0n) is 79.1. The molecule has 11 aliphatic heterocycles. The number of carbonyl (C=O) groups excluding carboxylic acids is 9. The molecule has 3 aromatic heterocycles. The highest BCUT2D eigenvalue weighted by Gasteiger charge is 2.54. The van der Waals surface area contributed by atoms with Gasteiger partial charge in [-0.1, -0.05) is 156 Å². The highest BCUT2D eigenvalue weighted by Crippen LogP contribution is 2.44. The summed E-state index contributed by atoms with van der Waals surface area (Å²) in [5.74, 6) is 14.1. The number of nitrogens with one attached hydrogen (secondary N) is 2. The maximum absolute atomic E-state index is 12.9. The number of hydroxylamine groups is 10. The summed E-state index contributed by atoms with van der Waals surface area (Å²) in [4.78, 5) is 144. The second-order valence-electron chi connectivity index (χ2n) is 38.6. The molecule has 13 N–H and O–H groups in total. The quantitative estimate of drug-likeness (QED) is 0.00660. The zero-order chi connectivity index (χ0) is 97.8. The first-order chi connectivity index (χ1) is 67.3. The third kappa shape index (κ3) is 27.6. The van der Waals surface area contributed by atoms with Gasteiger partial charge in [-0.2, -0.15) is 28.7 Å². The van der Waals surface area contributed by atoms with Crippen molar-refractivity contribution < 1.29 is 113 Å². The monoisotopic (exact) mass is 1990 g/mol. The number of hydrazine groups is 1. The first-order valence-corrected chi connectivity index (χ1v) is 50.4. The number of nitrogens with zero attached hydrogens (tertiary/aromatic N) is 16. The summed E-state index contributed by atoms with van der Waals surface area (Å²) in [5.41, 5.74) is 8.17. The number of methoxy groups -OCH3 is 1. The van der Waals surface area contributed by atoms with Gasteiger partial charge in [0.2, 0.25) is 41.3 Å². The Morgan fingerprint density at radius 3 is 1.16 bits per heavy atom. The molecule has 0 unspecified atom stereocenters. The lowest BCUT2D eigenvalue weighted by Gasteiger charge is -2.29. The summed E-state index contributed by atoms with van der Waals surface area (Å²) in [7, 11) is -3.30. The number of aliphatic carboxylic acids is 1. The molecule has 11 amide bonds. The van der Waals surface area contributed by atoms with Gasteiger partial charge in [-0.3, -0.25) is 55.1 Å². The van der Waals surface area contributed by atoms with Crippen LogP contribution in [0.15, 0.2) is 104 Å². The van der Waals surface area contributed by atoms with Crippen LogP contribution in [-0.4, -0.2) is 277 Å². The van der Waals surface area contributed by atoms with Gasteiger partial charge < -0.3 is 69.4 Å². The largest absolute Gasteiger partial charge is 0.480 e. The highest BCUT2D eigenvalue weighted by atomic mass is 32.3. The van der Waals surface area contributed by atoms with Gasteiger partial charge in [0.25, 0.3) is 0 Å². The minimum absolute atomic E-state index is 0. The van der Waals surface area contributed by atoms with E-state index in [4.69, 9.17) is 43.2 Å². The van der Waals surface area contributed by atoms with Crippen molar-refractivity contribution in [3.8, 4) is 0 Å². The van der Waals surface area contributed by atoms with E-state index in [9.17, 15) is 61.6 Å². The average Bonchev–Trinajstić information content (AvgIpc) is 1.64. The molecule has 46 heteroatoms. The Balaban J connectivity index is 0.000000141. The van der Waals surface area contributed by atoms with Crippen LogP contribution < -0.4 is 28.1 Å². The predicted molar refractivity (Wildman–Crippen MR) is 500 cm³/mol. The standard InChI is InChI=1S/C21H27N3O4.C20H24N4O3.C14H16N2O4.C13H18N4O3.C12H17N5O6S.C7H13NO.C7H12O2.CH4.H4N2.H2O/c25-18(11-15-7-4-8-15)12-22-20(26)19-10-9-17-13-23(19)21(27)24(17)28-14-16-5-2-1-3-6-16;25-20-23-12-16(24(20)26-13-15-5-2-1-3-6-15)9-10-17(23)19-22-21-18(27-19)11-14-7-4-8-14;17-13(18)12-7-6-11-8-15(12)14(19)16(11)20-9-10-4-2-1-3-5-10;18-13-16-7-9(17(13)19)4-5-10(16)12-15-14-11(20-12)6-8-2-1-3-8;18-12-16-6-8(17(12)23-24(19,20)21)1-2-9(16)11-15-14-10(22-11)3-7-4-13-5-7;8-5-7(9)4-6-2-1-3-6;1-9-7(8)5-6-3-2-4-6;;1-2;/h1-3,5-6,15,17,19H,4,7-14H2,(H,22,26);1-3,5-6,14,16-17H,4,7-13H2;1-5,11-12H,6-9H2,(H,17,18);8-10,19H,1-7H2;7-9,13H,1-6H2,(H,19,20,21);6H,1-5,8H2;6H,2-5H2,1H3;1H4;1-2H2;1H2/t17-,19+;16-,17+;11-,12+;9-,10+;8-,9+;;;;;/m11111...../s1. The summed E-state index contributed by atoms with van der Waals surface area (Å²) >= 11 is 0. The molecule has 141 heavy (non-hydrogen) atoms. The Kier molecular flexibility index (Phi) is 38.4. The van der Waals surface area contributed by atoms with Crippen molar-refractivity contribution in [2.45, 2.75) is 287 Å². The van der Waals surface area contributed by atoms with Crippen LogP contribution in [0.3, 0.4) is 0 Å². The maximum Gasteiger partial charge on any atom is 0.418 e. The summed E-state index contributed by atoms with van der Waals surface area (Å²) in [6.07, 6.45) is 29.6. The molecule has 16 aliphatic rings. The van der Waals surface area contributed by atoms with Crippen molar-refractivity contribution in [2.24, 2.45) is 52.9 Å². The van der Waals surface area contributed by atoms with Crippen LogP contribution in [-0.2, 0) is 97.0 Å². The number of aromatic nitrogens is 6. The van der Waals surface area contributed by atoms with Gasteiger partial charge in [0.15, 0.2) is 5.78 Å². The van der Waals surface area contributed by atoms with Crippen LogP contribution in [0.4, 0.5) is 24.0 Å². The van der Waals surface area contributed by atoms with Crippen LogP contribution in [0.2, 0.25) is 0 Å². The lowest BCUT2D eigenvalue weighted by molar-refractivity contribution is -0.144. The Hall–Kier alpha value is -11.3. The maximum atomic E-state index is 12.9. The van der Waals surface area contributed by atoms with Gasteiger partial charge in [-0.25, -0.2) is 33.8 Å². The number of rotatable bonds is 31. The minimum atomic E-state index is -4.75. The van der Waals surface area contributed by atoms with E-state index in [1.165, 1.54) is 111 Å². The fraction of sp³-hybridized carbons (Fsp3) is 0.642. The number of nitrogens with two attached hydrogens (primary N) is 3. The average molecular weight is 1990 g/mol. The minimum Gasteiger partial charge on any atom is -0.480 e. The number of urea groups is 5. The smallest absolute Gasteiger partial charge is 0.418 e. The fourth-order valence-corrected chi connectivity index (χ4v) is 20.3. The van der Waals surface area contributed by atoms with E-state index >= 15 is 0 Å². The number of ketones is 2. The van der Waals surface area contributed by atoms with Gasteiger partial charge in [0, 0.05) is 71.2 Å². The number of esters is 1. The highest BCUT2D eigenvalue weighted by molar-refractivity contribution is 7.80. The van der Waals surface area contributed by atoms with Gasteiger partial charge in [0.1, 0.15) is 55.8 Å². The topological polar surface area (TPSA) is 594 Å². The molecule has 3 aromatic carbocycles. The van der Waals surface area contributed by atoms with Crippen molar-refractivity contribution in [2.75, 3.05) is 66.0 Å². The van der Waals surface area contributed by atoms with Crippen LogP contribution in [0.1, 0.15) is 257 Å². The van der Waals surface area contributed by atoms with Crippen LogP contribution in [0.25, 0.3) is 0 Å². The van der Waals surface area contributed by atoms with Crippen molar-refractivity contribution in [1.29, 1.82) is 0 Å². The van der Waals surface area contributed by atoms with Crippen LogP contribution in [0, 0.1) is 35.5 Å². The van der Waals surface area contributed by atoms with E-state index in [2.05, 4.69) is 61.9 Å². The molecule has 11 saturated heterocycles. The summed E-state index contributed by atoms with van der Waals surface area (Å²) in [5, 5.41) is 55.3. The van der Waals surface area contributed by atoms with Crippen molar-refractivity contribution in [1.82, 2.24) is 91.0 Å². The molecule has 5 aliphatic carbocycles. The normalized spacial score (nSPS) is 24.6. The number of Topliss-reactive ketones (excluding diaryl/α,β-unsaturated/α-hetero) is 2. The van der Waals surface area contributed by atoms with Crippen molar-refractivity contribution in [3.63, 3.8) is 0 Å². The predicted octanol–water partition coefficient (Wildman–Crippen LogP) is 9.15. The fourth-order valence-electron chi connectivity index (χ4n) is 19.9. The Bertz CT molecular complexity index is 5190. The molecule has 22 rings (SSSR count). The van der Waals surface area contributed by atoms with Crippen LogP contribution in [0.5, 0.6) is 0 Å². The SMILES string of the molecule is C.COC(=O)CC1CCC1.NCC(=O)CC1CCC1.NN.O.O=C(CNC(=O)[C@@H]1CC[C@@H]2CN1C(=O)N2OCc1ccccc1)CC1CCC1.O=C(O)[C@@H]1CC[C@@H]2CN1C(=O)N2OCc1ccccc1.O=C1N(O)[C@@H]2CC[C@@H](c3nnc(CC4CCC4)o3)N1C2.O=C1N2C[C@@H](CC[C@H]2c2nnc(CC3CCC3)o2)N1OCc1ccccc1.O=C1N2C[C@@H](CC[C@H]2c2nnc(CC3CNC3)o2)N1OS(=O)(=O)O. The molecule has 10 bridgehead atoms. The second kappa shape index (κ2) is 50.6. The first-order valence-electron chi connectivity index (χ1n) is 49.0. The third-order valence-electron chi connectivity index (χ3n) is 29.1. The van der Waals surface area contributed by atoms with E-state index in [0.29, 0.717) is 180 Å².